The van der Waals surface area contributed by atoms with Gasteiger partial charge in [-0.3, -0.25) is 9.69 Å². The first-order valence-electron chi connectivity index (χ1n) is 6.95. The number of nitrogens with one attached hydrogen (secondary N) is 1. The van der Waals surface area contributed by atoms with Crippen molar-refractivity contribution in [2.24, 2.45) is 5.92 Å². The maximum absolute atomic E-state index is 11.9. The predicted molar refractivity (Wildman–Crippen MR) is 72.8 cm³/mol. The molecule has 2 atom stereocenters. The molecule has 2 aliphatic rings. The van der Waals surface area contributed by atoms with Crippen LogP contribution in [0.5, 0.6) is 0 Å². The van der Waals surface area contributed by atoms with Crippen LogP contribution in [0.1, 0.15) is 5.56 Å². The molecule has 1 amide bonds. The first-order valence-corrected chi connectivity index (χ1v) is 6.95. The second-order valence-corrected chi connectivity index (χ2v) is 5.44. The first kappa shape index (κ1) is 12.6. The fourth-order valence-electron chi connectivity index (χ4n) is 2.84. The molecule has 19 heavy (non-hydrogen) atoms. The van der Waals surface area contributed by atoms with Crippen molar-refractivity contribution in [2.45, 2.75) is 12.5 Å². The molecule has 3 rings (SSSR count). The fourth-order valence-corrected chi connectivity index (χ4v) is 2.84. The van der Waals surface area contributed by atoms with Gasteiger partial charge in [-0.05, 0) is 12.0 Å². The minimum atomic E-state index is -0.0109. The molecule has 102 valence electrons. The molecule has 2 fully saturated rings. The lowest BCUT2D eigenvalue weighted by Crippen LogP contribution is -2.42. The van der Waals surface area contributed by atoms with E-state index in [0.29, 0.717) is 13.2 Å². The Balaban J connectivity index is 1.61. The molecule has 0 radical (unpaired) electrons. The van der Waals surface area contributed by atoms with Crippen LogP contribution < -0.4 is 5.32 Å². The first-order chi connectivity index (χ1) is 9.31. The van der Waals surface area contributed by atoms with Crippen LogP contribution in [0.4, 0.5) is 0 Å². The van der Waals surface area contributed by atoms with E-state index in [1.165, 1.54) is 5.56 Å². The molecule has 4 heteroatoms. The number of amides is 1. The number of ether oxygens (including phenoxy) is 1. The molecule has 2 heterocycles. The van der Waals surface area contributed by atoms with E-state index in [9.17, 15) is 4.79 Å². The summed E-state index contributed by atoms with van der Waals surface area (Å²) < 4.78 is 5.53. The van der Waals surface area contributed by atoms with E-state index in [4.69, 9.17) is 4.74 Å². The Morgan fingerprint density at radius 2 is 2.05 bits per heavy atom. The number of carbonyl (C=O) groups is 1. The van der Waals surface area contributed by atoms with Gasteiger partial charge in [0.05, 0.1) is 25.2 Å². The summed E-state index contributed by atoms with van der Waals surface area (Å²) in [6.45, 7) is 3.92. The van der Waals surface area contributed by atoms with Crippen LogP contribution >= 0.6 is 0 Å². The molecule has 1 N–H and O–H groups in total. The van der Waals surface area contributed by atoms with E-state index in [0.717, 1.165) is 26.1 Å². The molecule has 0 spiro atoms. The zero-order valence-corrected chi connectivity index (χ0v) is 11.0. The highest BCUT2D eigenvalue weighted by atomic mass is 16.5. The molecular formula is C15H20N2O2. The summed E-state index contributed by atoms with van der Waals surface area (Å²) >= 11 is 0. The Kier molecular flexibility index (Phi) is 3.80. The molecule has 4 nitrogen and oxygen atoms in total. The second-order valence-electron chi connectivity index (χ2n) is 5.44. The van der Waals surface area contributed by atoms with Crippen LogP contribution in [0.3, 0.4) is 0 Å². The zero-order valence-electron chi connectivity index (χ0n) is 11.0. The molecule has 0 saturated carbocycles. The normalized spacial score (nSPS) is 27.7. The van der Waals surface area contributed by atoms with Gasteiger partial charge in [-0.1, -0.05) is 30.3 Å². The van der Waals surface area contributed by atoms with E-state index in [-0.39, 0.29) is 17.9 Å². The molecule has 2 bridgehead atoms. The third-order valence-electron chi connectivity index (χ3n) is 3.87. The van der Waals surface area contributed by atoms with E-state index < -0.39 is 0 Å². The summed E-state index contributed by atoms with van der Waals surface area (Å²) in [7, 11) is 0. The summed E-state index contributed by atoms with van der Waals surface area (Å²) in [5.41, 5.74) is 1.35. The van der Waals surface area contributed by atoms with Gasteiger partial charge in [-0.25, -0.2) is 0 Å². The lowest BCUT2D eigenvalue weighted by atomic mass is 10.1. The highest BCUT2D eigenvalue weighted by molar-refractivity contribution is 5.79. The van der Waals surface area contributed by atoms with Crippen LogP contribution in [0.2, 0.25) is 0 Å². The zero-order chi connectivity index (χ0) is 13.1. The van der Waals surface area contributed by atoms with Gasteiger partial charge in [0.25, 0.3) is 0 Å². The van der Waals surface area contributed by atoms with E-state index >= 15 is 0 Å². The second kappa shape index (κ2) is 5.72. The van der Waals surface area contributed by atoms with Crippen molar-refractivity contribution >= 4 is 5.91 Å². The Bertz CT molecular complexity index is 435. The average Bonchev–Trinajstić information content (AvgIpc) is 2.66. The van der Waals surface area contributed by atoms with Crippen LogP contribution in [0, 0.1) is 5.92 Å². The standard InChI is InChI=1S/C15H20N2O2/c18-15-13-8-17(9-14(16-15)11-19-10-13)7-6-12-4-2-1-3-5-12/h1-5,13-14H,6-11H2,(H,16,18)/t13-,14+/m1/s1. The molecule has 0 unspecified atom stereocenters. The van der Waals surface area contributed by atoms with Crippen LogP contribution in [-0.2, 0) is 16.0 Å². The minimum absolute atomic E-state index is 0.0109. The summed E-state index contributed by atoms with van der Waals surface area (Å²) in [5, 5.41) is 3.06. The average molecular weight is 260 g/mol. The van der Waals surface area contributed by atoms with Gasteiger partial charge in [-0.15, -0.1) is 0 Å². The van der Waals surface area contributed by atoms with Gasteiger partial charge in [0.15, 0.2) is 0 Å². The molecule has 0 aromatic heterocycles. The lowest BCUT2D eigenvalue weighted by Gasteiger charge is -2.27. The van der Waals surface area contributed by atoms with E-state index in [1.54, 1.807) is 0 Å². The summed E-state index contributed by atoms with van der Waals surface area (Å²) in [6, 6.07) is 10.7. The Hall–Kier alpha value is -1.39. The van der Waals surface area contributed by atoms with Crippen molar-refractivity contribution in [1.29, 1.82) is 0 Å². The molecule has 1 aromatic rings. The van der Waals surface area contributed by atoms with Gasteiger partial charge in [0, 0.05) is 19.6 Å². The number of fused-ring (bicyclic) bond motifs is 3. The molecule has 0 aliphatic carbocycles. The Labute approximate surface area is 113 Å². The minimum Gasteiger partial charge on any atom is -0.378 e. The fraction of sp³-hybridized carbons (Fsp3) is 0.533. The van der Waals surface area contributed by atoms with Crippen molar-refractivity contribution < 1.29 is 9.53 Å². The van der Waals surface area contributed by atoms with Gasteiger partial charge >= 0.3 is 0 Å². The maximum atomic E-state index is 11.9. The van der Waals surface area contributed by atoms with Crippen molar-refractivity contribution in [2.75, 3.05) is 32.8 Å². The van der Waals surface area contributed by atoms with Crippen molar-refractivity contribution in [3.8, 4) is 0 Å². The predicted octanol–water partition coefficient (Wildman–Crippen LogP) is 0.676. The summed E-state index contributed by atoms with van der Waals surface area (Å²) in [6.07, 6.45) is 1.04. The topological polar surface area (TPSA) is 41.6 Å². The molecule has 2 aliphatic heterocycles. The van der Waals surface area contributed by atoms with Crippen molar-refractivity contribution in [1.82, 2.24) is 10.2 Å². The highest BCUT2D eigenvalue weighted by Crippen LogP contribution is 2.14. The summed E-state index contributed by atoms with van der Waals surface area (Å²) in [4.78, 5) is 14.3. The number of hydrogen-bond donors (Lipinski definition) is 1. The quantitative estimate of drug-likeness (QED) is 0.869. The number of hydrogen-bond acceptors (Lipinski definition) is 3. The molecule has 1 aromatic carbocycles. The number of carbonyl (C=O) groups excluding carboxylic acids is 1. The number of rotatable bonds is 3. The number of nitrogens with zero attached hydrogens (tertiary/aromatic N) is 1. The van der Waals surface area contributed by atoms with Gasteiger partial charge in [-0.2, -0.15) is 0 Å². The van der Waals surface area contributed by atoms with Crippen molar-refractivity contribution in [3.63, 3.8) is 0 Å². The largest absolute Gasteiger partial charge is 0.378 e. The van der Waals surface area contributed by atoms with Gasteiger partial charge < -0.3 is 10.1 Å². The van der Waals surface area contributed by atoms with E-state index in [2.05, 4.69) is 34.5 Å². The van der Waals surface area contributed by atoms with Gasteiger partial charge in [0.2, 0.25) is 5.91 Å². The van der Waals surface area contributed by atoms with Crippen LogP contribution in [-0.4, -0.2) is 49.7 Å². The number of benzene rings is 1. The van der Waals surface area contributed by atoms with E-state index in [1.807, 2.05) is 6.07 Å². The smallest absolute Gasteiger partial charge is 0.227 e. The lowest BCUT2D eigenvalue weighted by molar-refractivity contribution is -0.125. The van der Waals surface area contributed by atoms with Crippen LogP contribution in [0.15, 0.2) is 30.3 Å². The summed E-state index contributed by atoms with van der Waals surface area (Å²) in [5.74, 6) is 0.146. The van der Waals surface area contributed by atoms with Gasteiger partial charge in [0.1, 0.15) is 0 Å². The SMILES string of the molecule is O=C1N[C@@H]2COC[C@H]1CN(CCc1ccccc1)C2. The molecular weight excluding hydrogens is 240 g/mol. The maximum Gasteiger partial charge on any atom is 0.227 e. The monoisotopic (exact) mass is 260 g/mol. The molecule has 2 saturated heterocycles. The Morgan fingerprint density at radius 1 is 1.21 bits per heavy atom. The third-order valence-corrected chi connectivity index (χ3v) is 3.87. The van der Waals surface area contributed by atoms with Crippen molar-refractivity contribution in [3.05, 3.63) is 35.9 Å². The third kappa shape index (κ3) is 3.14. The van der Waals surface area contributed by atoms with Crippen LogP contribution in [0.25, 0.3) is 0 Å². The Morgan fingerprint density at radius 3 is 2.89 bits per heavy atom. The highest BCUT2D eigenvalue weighted by Gasteiger charge is 2.32.